The van der Waals surface area contributed by atoms with Gasteiger partial charge >= 0.3 is 0 Å². The van der Waals surface area contributed by atoms with E-state index in [1.807, 2.05) is 0 Å². The summed E-state index contributed by atoms with van der Waals surface area (Å²) in [6, 6.07) is 3.21. The van der Waals surface area contributed by atoms with Crippen molar-refractivity contribution in [3.8, 4) is 11.5 Å². The summed E-state index contributed by atoms with van der Waals surface area (Å²) in [4.78, 5) is 60.7. The second-order valence-electron chi connectivity index (χ2n) is 8.55. The van der Waals surface area contributed by atoms with Crippen LogP contribution in [-0.4, -0.2) is 55.2 Å². The lowest BCUT2D eigenvalue weighted by Gasteiger charge is -2.21. The zero-order valence-electron chi connectivity index (χ0n) is 18.7. The van der Waals surface area contributed by atoms with Crippen LogP contribution in [0.5, 0.6) is 11.5 Å². The minimum absolute atomic E-state index is 0.0917. The standard InChI is InChI=1S/C23H29N3O7/c1-13(2)21(26-23(31)14-3-5-18-19(10-14)33-12-32-18)17(28)4-6-20(29)25-16(11-27)9-15-7-8-24-22(15)30/h3,5,10-11,13,15-16,21H,4,6-9,12H2,1-2H3,(H,24,30)(H,25,29)(H,26,31). The maximum absolute atomic E-state index is 12.8. The fourth-order valence-electron chi connectivity index (χ4n) is 3.88. The van der Waals surface area contributed by atoms with E-state index in [9.17, 15) is 24.0 Å². The van der Waals surface area contributed by atoms with Crippen molar-refractivity contribution in [2.45, 2.75) is 51.6 Å². The molecule has 33 heavy (non-hydrogen) atoms. The van der Waals surface area contributed by atoms with Gasteiger partial charge in [0, 0.05) is 30.9 Å². The Morgan fingerprint density at radius 2 is 1.91 bits per heavy atom. The minimum Gasteiger partial charge on any atom is -0.454 e. The van der Waals surface area contributed by atoms with E-state index >= 15 is 0 Å². The van der Waals surface area contributed by atoms with Crippen LogP contribution < -0.4 is 25.4 Å². The normalized spacial score (nSPS) is 18.4. The number of ketones is 1. The number of fused-ring (bicyclic) bond motifs is 1. The number of aldehydes is 1. The van der Waals surface area contributed by atoms with Gasteiger partial charge in [0.05, 0.1) is 12.1 Å². The fraction of sp³-hybridized carbons (Fsp3) is 0.522. The smallest absolute Gasteiger partial charge is 0.252 e. The Morgan fingerprint density at radius 3 is 2.58 bits per heavy atom. The molecule has 3 atom stereocenters. The summed E-state index contributed by atoms with van der Waals surface area (Å²) in [6.45, 7) is 4.26. The number of benzene rings is 1. The highest BCUT2D eigenvalue weighted by atomic mass is 16.7. The Bertz CT molecular complexity index is 931. The molecule has 178 valence electrons. The summed E-state index contributed by atoms with van der Waals surface area (Å²) >= 11 is 0. The molecule has 3 N–H and O–H groups in total. The molecule has 3 rings (SSSR count). The Kier molecular flexibility index (Phi) is 8.02. The van der Waals surface area contributed by atoms with Crippen molar-refractivity contribution in [2.75, 3.05) is 13.3 Å². The zero-order chi connectivity index (χ0) is 24.0. The molecular formula is C23H29N3O7. The Hall–Kier alpha value is -3.43. The lowest BCUT2D eigenvalue weighted by molar-refractivity contribution is -0.128. The Balaban J connectivity index is 1.51. The molecule has 1 aromatic carbocycles. The van der Waals surface area contributed by atoms with Crippen molar-refractivity contribution < 1.29 is 33.4 Å². The van der Waals surface area contributed by atoms with Gasteiger partial charge in [-0.1, -0.05) is 13.8 Å². The van der Waals surface area contributed by atoms with Crippen LogP contribution in [0.3, 0.4) is 0 Å². The number of carbonyl (C=O) groups is 5. The molecule has 2 aliphatic heterocycles. The monoisotopic (exact) mass is 459 g/mol. The quantitative estimate of drug-likeness (QED) is 0.415. The maximum Gasteiger partial charge on any atom is 0.252 e. The first-order chi connectivity index (χ1) is 15.8. The molecule has 0 spiro atoms. The molecule has 10 heteroatoms. The first kappa shape index (κ1) is 24.2. The van der Waals surface area contributed by atoms with Gasteiger partial charge in [-0.05, 0) is 37.0 Å². The van der Waals surface area contributed by atoms with Crippen LogP contribution in [0.2, 0.25) is 0 Å². The molecule has 0 aliphatic carbocycles. The number of hydrogen-bond donors (Lipinski definition) is 3. The van der Waals surface area contributed by atoms with Crippen LogP contribution in [0.15, 0.2) is 18.2 Å². The molecule has 3 amide bonds. The SMILES string of the molecule is CC(C)C(NC(=O)c1ccc2c(c1)OCO2)C(=O)CCC(=O)NC(C=O)CC1CCNC1=O. The Labute approximate surface area is 191 Å². The number of carbonyl (C=O) groups excluding carboxylic acids is 5. The second kappa shape index (κ2) is 10.9. The van der Waals surface area contributed by atoms with Crippen molar-refractivity contribution in [3.05, 3.63) is 23.8 Å². The summed E-state index contributed by atoms with van der Waals surface area (Å²) < 4.78 is 10.5. The van der Waals surface area contributed by atoms with Gasteiger partial charge in [0.25, 0.3) is 5.91 Å². The van der Waals surface area contributed by atoms with Crippen molar-refractivity contribution in [1.82, 2.24) is 16.0 Å². The van der Waals surface area contributed by atoms with Gasteiger partial charge < -0.3 is 30.2 Å². The number of nitrogens with one attached hydrogen (secondary N) is 3. The van der Waals surface area contributed by atoms with Crippen molar-refractivity contribution in [1.29, 1.82) is 0 Å². The van der Waals surface area contributed by atoms with Crippen molar-refractivity contribution in [3.63, 3.8) is 0 Å². The van der Waals surface area contributed by atoms with Gasteiger partial charge in [0.15, 0.2) is 17.3 Å². The molecule has 0 bridgehead atoms. The van der Waals surface area contributed by atoms with Crippen LogP contribution in [0.4, 0.5) is 0 Å². The minimum atomic E-state index is -0.784. The molecule has 0 saturated carbocycles. The molecule has 2 aliphatic rings. The van der Waals surface area contributed by atoms with E-state index in [1.165, 1.54) is 0 Å². The van der Waals surface area contributed by atoms with Crippen molar-refractivity contribution in [2.24, 2.45) is 11.8 Å². The molecule has 3 unspecified atom stereocenters. The van der Waals surface area contributed by atoms with Gasteiger partial charge in [-0.15, -0.1) is 0 Å². The largest absolute Gasteiger partial charge is 0.454 e. The van der Waals surface area contributed by atoms with Gasteiger partial charge in [0.2, 0.25) is 18.6 Å². The summed E-state index contributed by atoms with van der Waals surface area (Å²) in [5.41, 5.74) is 0.334. The van der Waals surface area contributed by atoms with Crippen LogP contribution >= 0.6 is 0 Å². The zero-order valence-corrected chi connectivity index (χ0v) is 18.7. The Morgan fingerprint density at radius 1 is 1.15 bits per heavy atom. The topological polar surface area (TPSA) is 140 Å². The summed E-state index contributed by atoms with van der Waals surface area (Å²) in [5.74, 6) is -0.774. The van der Waals surface area contributed by atoms with Gasteiger partial charge in [-0.3, -0.25) is 19.2 Å². The fourth-order valence-corrected chi connectivity index (χ4v) is 3.88. The van der Waals surface area contributed by atoms with Gasteiger partial charge in [-0.2, -0.15) is 0 Å². The number of hydrogen-bond acceptors (Lipinski definition) is 7. The van der Waals surface area contributed by atoms with E-state index < -0.39 is 23.9 Å². The molecule has 1 fully saturated rings. The lowest BCUT2D eigenvalue weighted by atomic mass is 9.96. The second-order valence-corrected chi connectivity index (χ2v) is 8.55. The first-order valence-electron chi connectivity index (χ1n) is 11.0. The summed E-state index contributed by atoms with van der Waals surface area (Å²) in [6.07, 6.45) is 1.24. The highest BCUT2D eigenvalue weighted by Crippen LogP contribution is 2.32. The number of ether oxygens (including phenoxy) is 2. The summed E-state index contributed by atoms with van der Waals surface area (Å²) in [5, 5.41) is 8.01. The van der Waals surface area contributed by atoms with Gasteiger partial charge in [0.1, 0.15) is 6.29 Å². The van der Waals surface area contributed by atoms with E-state index in [1.54, 1.807) is 32.0 Å². The molecule has 0 radical (unpaired) electrons. The average molecular weight is 459 g/mol. The number of Topliss-reactive ketones (excluding diaryl/α,β-unsaturated/α-hetero) is 1. The molecular weight excluding hydrogens is 430 g/mol. The molecule has 1 aromatic rings. The van der Waals surface area contributed by atoms with Crippen LogP contribution in [0.25, 0.3) is 0 Å². The predicted molar refractivity (Wildman–Crippen MR) is 117 cm³/mol. The molecule has 2 heterocycles. The molecule has 1 saturated heterocycles. The van der Waals surface area contributed by atoms with Crippen molar-refractivity contribution >= 4 is 29.8 Å². The van der Waals surface area contributed by atoms with E-state index in [2.05, 4.69) is 16.0 Å². The highest BCUT2D eigenvalue weighted by molar-refractivity contribution is 5.99. The van der Waals surface area contributed by atoms with Crippen LogP contribution in [0.1, 0.15) is 49.9 Å². The number of rotatable bonds is 11. The highest BCUT2D eigenvalue weighted by Gasteiger charge is 2.29. The van der Waals surface area contributed by atoms with Crippen LogP contribution in [-0.2, 0) is 19.2 Å². The molecule has 10 nitrogen and oxygen atoms in total. The summed E-state index contributed by atoms with van der Waals surface area (Å²) in [7, 11) is 0. The molecule has 0 aromatic heterocycles. The third-order valence-electron chi connectivity index (χ3n) is 5.75. The van der Waals surface area contributed by atoms with Crippen LogP contribution in [0, 0.1) is 11.8 Å². The number of amides is 3. The van der Waals surface area contributed by atoms with Gasteiger partial charge in [-0.25, -0.2) is 0 Å². The first-order valence-corrected chi connectivity index (χ1v) is 11.0. The average Bonchev–Trinajstić information content (AvgIpc) is 3.43. The predicted octanol–water partition coefficient (Wildman–Crippen LogP) is 0.729. The lowest BCUT2D eigenvalue weighted by Crippen LogP contribution is -2.45. The van der Waals surface area contributed by atoms with E-state index in [0.717, 1.165) is 0 Å². The van der Waals surface area contributed by atoms with E-state index in [-0.39, 0.29) is 49.6 Å². The third kappa shape index (κ3) is 6.30. The van der Waals surface area contributed by atoms with E-state index in [0.29, 0.717) is 36.3 Å². The van der Waals surface area contributed by atoms with E-state index in [4.69, 9.17) is 9.47 Å². The maximum atomic E-state index is 12.8. The third-order valence-corrected chi connectivity index (χ3v) is 5.75.